The van der Waals surface area contributed by atoms with Crippen LogP contribution < -0.4 is 10.2 Å². The van der Waals surface area contributed by atoms with Crippen LogP contribution in [0.4, 0.5) is 10.5 Å². The molecule has 0 saturated carbocycles. The van der Waals surface area contributed by atoms with Crippen LogP contribution in [0, 0.1) is 0 Å². The molecule has 1 heterocycles. The smallest absolute Gasteiger partial charge is 0.200 e. The molecule has 1 aromatic rings. The highest BCUT2D eigenvalue weighted by molar-refractivity contribution is 6.57. The van der Waals surface area contributed by atoms with Crippen molar-refractivity contribution in [3.63, 3.8) is 0 Å². The maximum atomic E-state index is 10.6. The predicted molar refractivity (Wildman–Crippen MR) is 67.3 cm³/mol. The molecule has 1 fully saturated rings. The number of rotatable bonds is 3. The summed E-state index contributed by atoms with van der Waals surface area (Å²) in [5.41, 5.74) is 2.11. The van der Waals surface area contributed by atoms with Gasteiger partial charge in [0.25, 0.3) is 0 Å². The second-order valence-electron chi connectivity index (χ2n) is 4.27. The second-order valence-corrected chi connectivity index (χ2v) is 4.27. The van der Waals surface area contributed by atoms with Crippen molar-refractivity contribution < 1.29 is 9.90 Å². The Bertz CT molecular complexity index is 394. The maximum absolute atomic E-state index is 10.6. The fourth-order valence-corrected chi connectivity index (χ4v) is 1.99. The Labute approximate surface area is 102 Å². The highest BCUT2D eigenvalue weighted by atomic mass is 16.3. The largest absolute Gasteiger partial charge is 0.391 e. The van der Waals surface area contributed by atoms with Gasteiger partial charge in [-0.05, 0) is 24.1 Å². The van der Waals surface area contributed by atoms with Crippen molar-refractivity contribution in [3.05, 3.63) is 29.8 Å². The van der Waals surface area contributed by atoms with Gasteiger partial charge in [0.2, 0.25) is 7.85 Å². The first-order valence-electron chi connectivity index (χ1n) is 5.70. The molecule has 2 N–H and O–H groups in total. The summed E-state index contributed by atoms with van der Waals surface area (Å²) in [6.07, 6.45) is 0.608. The van der Waals surface area contributed by atoms with Gasteiger partial charge in [0.05, 0.1) is 6.10 Å². The van der Waals surface area contributed by atoms with E-state index in [1.165, 1.54) is 0 Å². The summed E-state index contributed by atoms with van der Waals surface area (Å²) < 4.78 is 0. The zero-order chi connectivity index (χ0) is 12.3. The molecule has 0 bridgehead atoms. The van der Waals surface area contributed by atoms with Gasteiger partial charge in [0.15, 0.2) is 5.81 Å². The van der Waals surface area contributed by atoms with Crippen molar-refractivity contribution in [3.8, 4) is 0 Å². The molecule has 0 aliphatic carbocycles. The summed E-state index contributed by atoms with van der Waals surface area (Å²) in [6, 6.07) is 7.90. The van der Waals surface area contributed by atoms with Crippen LogP contribution in [0.2, 0.25) is 0 Å². The molecule has 0 spiro atoms. The van der Waals surface area contributed by atoms with E-state index in [2.05, 4.69) is 10.2 Å². The molecular formula is C12H15BN2O2. The Kier molecular flexibility index (Phi) is 3.69. The van der Waals surface area contributed by atoms with E-state index in [0.717, 1.165) is 24.2 Å². The lowest BCUT2D eigenvalue weighted by atomic mass is 10.1. The summed E-state index contributed by atoms with van der Waals surface area (Å²) in [6.45, 7) is 2.02. The Morgan fingerprint density at radius 2 is 2.18 bits per heavy atom. The first-order valence-corrected chi connectivity index (χ1v) is 5.70. The van der Waals surface area contributed by atoms with Crippen LogP contribution in [0.15, 0.2) is 24.3 Å². The summed E-state index contributed by atoms with van der Waals surface area (Å²) in [4.78, 5) is 12.7. The van der Waals surface area contributed by atoms with Gasteiger partial charge in [-0.2, -0.15) is 0 Å². The van der Waals surface area contributed by atoms with Crippen LogP contribution >= 0.6 is 0 Å². The molecule has 0 unspecified atom stereocenters. The number of anilines is 1. The number of carbonyl (C=O) groups is 1. The highest BCUT2D eigenvalue weighted by Crippen LogP contribution is 2.20. The van der Waals surface area contributed by atoms with E-state index in [-0.39, 0.29) is 6.10 Å². The monoisotopic (exact) mass is 230 g/mol. The third-order valence-electron chi connectivity index (χ3n) is 2.93. The Hall–Kier alpha value is -1.49. The lowest BCUT2D eigenvalue weighted by molar-refractivity contribution is 0.198. The van der Waals surface area contributed by atoms with Gasteiger partial charge in [-0.1, -0.05) is 12.1 Å². The average Bonchev–Trinajstić information content (AvgIpc) is 2.74. The third kappa shape index (κ3) is 3.23. The number of benzene rings is 1. The molecule has 2 radical (unpaired) electrons. The third-order valence-corrected chi connectivity index (χ3v) is 2.93. The van der Waals surface area contributed by atoms with E-state index >= 15 is 0 Å². The minimum Gasteiger partial charge on any atom is -0.391 e. The predicted octanol–water partition coefficient (Wildman–Crippen LogP) is 0.636. The topological polar surface area (TPSA) is 52.6 Å². The van der Waals surface area contributed by atoms with E-state index in [4.69, 9.17) is 7.85 Å². The van der Waals surface area contributed by atoms with E-state index in [0.29, 0.717) is 13.1 Å². The van der Waals surface area contributed by atoms with Crippen LogP contribution in [0.25, 0.3) is 0 Å². The molecule has 0 aromatic heterocycles. The number of carbonyl (C=O) groups excluding carboxylic acids is 1. The highest BCUT2D eigenvalue weighted by Gasteiger charge is 2.19. The number of nitrogens with one attached hydrogen (secondary N) is 1. The number of β-amino-alcohol motifs (C(OH)–C–C–N with tert-alkyl or cyclic N) is 1. The Morgan fingerprint density at radius 1 is 1.47 bits per heavy atom. The standard InChI is InChI=1S/C12H15BN2O2/c13-12(17)14-7-9-1-3-10(4-2-9)15-6-5-11(16)8-15/h1-4,11,16H,5-8H2,(H,14,17)/t11-/m1/s1. The van der Waals surface area contributed by atoms with E-state index in [1.54, 1.807) is 0 Å². The van der Waals surface area contributed by atoms with Crippen LogP contribution in [-0.2, 0) is 6.54 Å². The van der Waals surface area contributed by atoms with Crippen molar-refractivity contribution in [2.75, 3.05) is 18.0 Å². The van der Waals surface area contributed by atoms with Gasteiger partial charge < -0.3 is 15.3 Å². The number of amides is 1. The van der Waals surface area contributed by atoms with Crippen molar-refractivity contribution >= 4 is 19.3 Å². The number of aliphatic hydroxyl groups is 1. The first kappa shape index (κ1) is 12.0. The van der Waals surface area contributed by atoms with Crippen LogP contribution in [-0.4, -0.2) is 38.0 Å². The lowest BCUT2D eigenvalue weighted by Gasteiger charge is -2.18. The van der Waals surface area contributed by atoms with Crippen molar-refractivity contribution in [1.82, 2.24) is 5.32 Å². The fourth-order valence-electron chi connectivity index (χ4n) is 1.99. The van der Waals surface area contributed by atoms with Gasteiger partial charge in [-0.25, -0.2) is 0 Å². The van der Waals surface area contributed by atoms with Crippen molar-refractivity contribution in [2.24, 2.45) is 0 Å². The molecule has 2 rings (SSSR count). The second kappa shape index (κ2) is 5.23. The van der Waals surface area contributed by atoms with E-state index in [1.807, 2.05) is 24.3 Å². The number of hydrogen-bond acceptors (Lipinski definition) is 3. The molecule has 1 amide bonds. The number of aliphatic hydroxyl groups excluding tert-OH is 1. The average molecular weight is 230 g/mol. The molecule has 1 aliphatic rings. The van der Waals surface area contributed by atoms with Crippen molar-refractivity contribution in [2.45, 2.75) is 19.1 Å². The summed E-state index contributed by atoms with van der Waals surface area (Å²) in [5, 5.41) is 12.0. The summed E-state index contributed by atoms with van der Waals surface area (Å²) in [5.74, 6) is -0.517. The minimum atomic E-state index is -0.517. The number of nitrogens with zero attached hydrogens (tertiary/aromatic N) is 1. The molecule has 88 valence electrons. The molecule has 1 atom stereocenters. The quantitative estimate of drug-likeness (QED) is 0.749. The van der Waals surface area contributed by atoms with Crippen LogP contribution in [0.5, 0.6) is 0 Å². The molecule has 17 heavy (non-hydrogen) atoms. The molecule has 1 aliphatic heterocycles. The van der Waals surface area contributed by atoms with Gasteiger partial charge in [-0.3, -0.25) is 4.79 Å². The normalized spacial score (nSPS) is 19.4. The van der Waals surface area contributed by atoms with Gasteiger partial charge in [-0.15, -0.1) is 0 Å². The Morgan fingerprint density at radius 3 is 2.71 bits per heavy atom. The van der Waals surface area contributed by atoms with Gasteiger partial charge >= 0.3 is 0 Å². The van der Waals surface area contributed by atoms with Crippen LogP contribution in [0.3, 0.4) is 0 Å². The van der Waals surface area contributed by atoms with Crippen LogP contribution in [0.1, 0.15) is 12.0 Å². The lowest BCUT2D eigenvalue weighted by Crippen LogP contribution is -2.22. The summed E-state index contributed by atoms with van der Waals surface area (Å²) in [7, 11) is 5.00. The summed E-state index contributed by atoms with van der Waals surface area (Å²) >= 11 is 0. The molecular weight excluding hydrogens is 215 g/mol. The zero-order valence-corrected chi connectivity index (χ0v) is 9.60. The fraction of sp³-hybridized carbons (Fsp3) is 0.417. The van der Waals surface area contributed by atoms with Crippen molar-refractivity contribution in [1.29, 1.82) is 0 Å². The first-order chi connectivity index (χ1) is 8.15. The molecule has 4 nitrogen and oxygen atoms in total. The zero-order valence-electron chi connectivity index (χ0n) is 9.60. The maximum Gasteiger partial charge on any atom is 0.200 e. The SMILES string of the molecule is [B]C(=O)NCc1ccc(N2CC[C@@H](O)C2)cc1. The van der Waals surface area contributed by atoms with Gasteiger partial charge in [0, 0.05) is 25.3 Å². The molecule has 5 heteroatoms. The molecule has 1 saturated heterocycles. The Balaban J connectivity index is 1.95. The number of hydrogen-bond donors (Lipinski definition) is 2. The van der Waals surface area contributed by atoms with Gasteiger partial charge in [0.1, 0.15) is 0 Å². The van der Waals surface area contributed by atoms with E-state index < -0.39 is 5.81 Å². The minimum absolute atomic E-state index is 0.216. The molecule has 1 aromatic carbocycles. The van der Waals surface area contributed by atoms with E-state index in [9.17, 15) is 9.90 Å².